The maximum atomic E-state index is 15.0. The molecule has 354 valence electrons. The fourth-order valence-electron chi connectivity index (χ4n) is 6.66. The number of halogens is 3. The number of aliphatic hydroxyl groups is 1. The van der Waals surface area contributed by atoms with E-state index in [0.717, 1.165) is 25.7 Å². The Balaban J connectivity index is 1.64. The third kappa shape index (κ3) is 20.7. The second-order valence-corrected chi connectivity index (χ2v) is 19.1. The minimum Gasteiger partial charge on any atom is -0.445 e. The minimum atomic E-state index is -4.76. The molecule has 14 nitrogen and oxygen atoms in total. The molecular weight excluding hydrogens is 912 g/mol. The van der Waals surface area contributed by atoms with Crippen LogP contribution in [0.2, 0.25) is 0 Å². The lowest BCUT2D eigenvalue weighted by atomic mass is 9.96. The van der Waals surface area contributed by atoms with Gasteiger partial charge in [-0.25, -0.2) is 14.2 Å². The summed E-state index contributed by atoms with van der Waals surface area (Å²) in [6.45, 7) is 4.48. The van der Waals surface area contributed by atoms with E-state index >= 15 is 0 Å². The van der Waals surface area contributed by atoms with E-state index in [0.29, 0.717) is 12.0 Å². The summed E-state index contributed by atoms with van der Waals surface area (Å²) in [5.41, 5.74) is 0.716. The molecule has 1 heterocycles. The average molecular weight is 973 g/mol. The largest absolute Gasteiger partial charge is 0.588 e. The van der Waals surface area contributed by atoms with Crippen molar-refractivity contribution in [1.82, 2.24) is 5.32 Å². The monoisotopic (exact) mass is 971 g/mol. The molecule has 6 atom stereocenters. The lowest BCUT2D eigenvalue weighted by molar-refractivity contribution is -0.271. The van der Waals surface area contributed by atoms with Gasteiger partial charge in [0.1, 0.15) is 55.7 Å². The van der Waals surface area contributed by atoms with E-state index in [1.807, 2.05) is 6.07 Å². The molecule has 1 saturated heterocycles. The molecule has 18 heteroatoms. The molecule has 3 aromatic rings. The number of alkyl carbamates (subject to hydrolysis) is 1. The topological polar surface area (TPSA) is 167 Å². The third-order valence-electron chi connectivity index (χ3n) is 9.81. The van der Waals surface area contributed by atoms with Crippen LogP contribution in [0.1, 0.15) is 83.1 Å². The smallest absolute Gasteiger partial charge is 0.445 e. The fourth-order valence-corrected chi connectivity index (χ4v) is 8.26. The number of alkyl halides is 3. The third-order valence-corrected chi connectivity index (χ3v) is 11.5. The van der Waals surface area contributed by atoms with Crippen molar-refractivity contribution in [2.75, 3.05) is 26.4 Å². The molecule has 1 aliphatic heterocycles. The van der Waals surface area contributed by atoms with Gasteiger partial charge < -0.3 is 47.9 Å². The first-order valence-electron chi connectivity index (χ1n) is 21.7. The van der Waals surface area contributed by atoms with Crippen molar-refractivity contribution >= 4 is 54.9 Å². The Bertz CT molecular complexity index is 1770. The zero-order valence-corrected chi connectivity index (χ0v) is 39.3. The Kier molecular flexibility index (Phi) is 24.2. The summed E-state index contributed by atoms with van der Waals surface area (Å²) in [6, 6.07) is 24.0. The summed E-state index contributed by atoms with van der Waals surface area (Å²) in [4.78, 5) is 26.4. The molecule has 0 radical (unpaired) electrons. The summed E-state index contributed by atoms with van der Waals surface area (Å²) in [5.74, 6) is 0.259. The molecule has 4 rings (SSSR count). The number of hydrogen-bond acceptors (Lipinski definition) is 13. The number of carbonyl (C=O) groups is 2. The maximum Gasteiger partial charge on any atom is 0.588 e. The van der Waals surface area contributed by atoms with Crippen LogP contribution in [0.4, 0.5) is 9.59 Å². The van der Waals surface area contributed by atoms with E-state index in [4.69, 9.17) is 76.8 Å². The van der Waals surface area contributed by atoms with Gasteiger partial charge in [-0.15, -0.1) is 6.58 Å². The van der Waals surface area contributed by atoms with Crippen molar-refractivity contribution in [1.29, 1.82) is 0 Å². The average Bonchev–Trinajstić information content (AvgIpc) is 3.27. The number of nitrogens with one attached hydrogen (secondary N) is 1. The Labute approximate surface area is 391 Å². The van der Waals surface area contributed by atoms with Gasteiger partial charge in [0, 0.05) is 6.61 Å². The lowest BCUT2D eigenvalue weighted by Gasteiger charge is -2.45. The minimum absolute atomic E-state index is 0.0822. The van der Waals surface area contributed by atoms with Gasteiger partial charge in [-0.2, -0.15) is 0 Å². The van der Waals surface area contributed by atoms with E-state index in [2.05, 4.69) is 18.8 Å². The van der Waals surface area contributed by atoms with Gasteiger partial charge >= 0.3 is 20.1 Å². The first-order valence-corrected chi connectivity index (χ1v) is 24.3. The lowest BCUT2D eigenvalue weighted by Crippen LogP contribution is -2.66. The van der Waals surface area contributed by atoms with Crippen LogP contribution in [0.15, 0.2) is 104 Å². The van der Waals surface area contributed by atoms with Crippen molar-refractivity contribution in [2.45, 2.75) is 125 Å². The molecule has 0 bridgehead atoms. The van der Waals surface area contributed by atoms with Gasteiger partial charge in [0.25, 0.3) is 0 Å². The second kappa shape index (κ2) is 29.2. The summed E-state index contributed by atoms with van der Waals surface area (Å²) in [5, 5.41) is 13.7. The van der Waals surface area contributed by atoms with E-state index in [-0.39, 0.29) is 37.7 Å². The van der Waals surface area contributed by atoms with E-state index in [1.165, 1.54) is 38.2 Å². The van der Waals surface area contributed by atoms with Crippen LogP contribution in [0.5, 0.6) is 11.5 Å². The highest BCUT2D eigenvalue weighted by atomic mass is 35.6. The van der Waals surface area contributed by atoms with Gasteiger partial charge in [-0.1, -0.05) is 172 Å². The molecule has 0 spiro atoms. The fraction of sp³-hybridized carbons (Fsp3) is 0.522. The maximum absolute atomic E-state index is 15.0. The standard InChI is InChI=1S/C46H61Cl3NO13P/c1-3-5-6-7-8-9-10-11-17-24-36(51)29-31-55-42-40(50-44(52)59-34-46(47,48)49)43(56-30-4-2)60-39(33-58-45(53)57-32-35-22-15-12-16-23-35)41(42)63-64(54,61-37-25-18-13-19-26-37)62-38-27-20-14-21-28-38/h4,12-16,18-23,25-28,36,39-43,51H,2-3,5-11,17,24,29-34H2,1H3,(H,50,52)/t36-,39+,40-,41+,42+,43-/m0/s1. The number of phosphoric acid groups is 1. The molecule has 3 aromatic carbocycles. The normalized spacial score (nSPS) is 19.2. The first-order chi connectivity index (χ1) is 30.9. The highest BCUT2D eigenvalue weighted by Crippen LogP contribution is 2.52. The number of hydrogen-bond donors (Lipinski definition) is 2. The van der Waals surface area contributed by atoms with E-state index in [9.17, 15) is 19.3 Å². The van der Waals surface area contributed by atoms with Crippen molar-refractivity contribution in [3.8, 4) is 11.5 Å². The van der Waals surface area contributed by atoms with Crippen molar-refractivity contribution < 1.29 is 61.3 Å². The highest BCUT2D eigenvalue weighted by molar-refractivity contribution is 7.49. The van der Waals surface area contributed by atoms with E-state index < -0.39 is 73.8 Å². The summed E-state index contributed by atoms with van der Waals surface area (Å²) in [6.07, 6.45) is 3.94. The van der Waals surface area contributed by atoms with E-state index in [1.54, 1.807) is 84.9 Å². The number of carbonyl (C=O) groups excluding carboxylic acids is 2. The first kappa shape index (κ1) is 53.1. The van der Waals surface area contributed by atoms with Gasteiger partial charge in [0.05, 0.1) is 12.7 Å². The van der Waals surface area contributed by atoms with Crippen LogP contribution in [-0.4, -0.2) is 84.3 Å². The Morgan fingerprint density at radius 3 is 1.95 bits per heavy atom. The number of benzene rings is 3. The molecule has 0 aliphatic carbocycles. The van der Waals surface area contributed by atoms with Crippen LogP contribution in [0.3, 0.4) is 0 Å². The van der Waals surface area contributed by atoms with Crippen molar-refractivity contribution in [3.05, 3.63) is 109 Å². The molecule has 1 aliphatic rings. The highest BCUT2D eigenvalue weighted by Gasteiger charge is 2.53. The second-order valence-electron chi connectivity index (χ2n) is 15.1. The summed E-state index contributed by atoms with van der Waals surface area (Å²) < 4.78 is 66.3. The molecule has 64 heavy (non-hydrogen) atoms. The number of rotatable bonds is 29. The quantitative estimate of drug-likeness (QED) is 0.0222. The predicted octanol–water partition coefficient (Wildman–Crippen LogP) is 11.4. The van der Waals surface area contributed by atoms with Crippen molar-refractivity contribution in [2.24, 2.45) is 0 Å². The number of unbranched alkanes of at least 4 members (excludes halogenated alkanes) is 8. The van der Waals surface area contributed by atoms with Gasteiger partial charge in [0.2, 0.25) is 3.79 Å². The van der Waals surface area contributed by atoms with Gasteiger partial charge in [-0.3, -0.25) is 4.52 Å². The van der Waals surface area contributed by atoms with Crippen molar-refractivity contribution in [3.63, 3.8) is 0 Å². The molecule has 1 fully saturated rings. The number of aliphatic hydroxyl groups excluding tert-OH is 1. The molecule has 0 unspecified atom stereocenters. The van der Waals surface area contributed by atoms with Crippen LogP contribution >= 0.6 is 42.6 Å². The molecule has 2 N–H and O–H groups in total. The Hall–Kier alpha value is -3.56. The van der Waals surface area contributed by atoms with Crippen LogP contribution in [0, 0.1) is 0 Å². The molecule has 1 amide bonds. The Morgan fingerprint density at radius 2 is 1.38 bits per heavy atom. The zero-order chi connectivity index (χ0) is 46.0. The number of ether oxygens (including phenoxy) is 6. The summed E-state index contributed by atoms with van der Waals surface area (Å²) >= 11 is 17.6. The zero-order valence-electron chi connectivity index (χ0n) is 36.1. The molecular formula is C46H61Cl3NO13P. The van der Waals surface area contributed by atoms with Gasteiger partial charge in [0.15, 0.2) is 6.29 Å². The number of amides is 1. The van der Waals surface area contributed by atoms with Crippen LogP contribution < -0.4 is 14.4 Å². The van der Waals surface area contributed by atoms with Crippen LogP contribution in [0.25, 0.3) is 0 Å². The Morgan fingerprint density at radius 1 is 0.797 bits per heavy atom. The number of para-hydroxylation sites is 2. The summed E-state index contributed by atoms with van der Waals surface area (Å²) in [7, 11) is -4.76. The SMILES string of the molecule is C=CCO[C@H]1O[C@H](COC(=O)OCc2ccccc2)[C@@H](OP(=O)(Oc2ccccc2)Oc2ccccc2)[C@H](OCC[C@@H](O)CCCCCCCCCCC)[C@@H]1NC(=O)OCC(Cl)(Cl)Cl. The number of phosphoric ester groups is 1. The predicted molar refractivity (Wildman–Crippen MR) is 245 cm³/mol. The van der Waals surface area contributed by atoms with Crippen LogP contribution in [-0.2, 0) is 44.1 Å². The molecule has 0 aromatic heterocycles. The van der Waals surface area contributed by atoms with Gasteiger partial charge in [-0.05, 0) is 42.7 Å². The molecule has 0 saturated carbocycles.